The molecule has 0 fully saturated rings. The molecule has 1 rings (SSSR count). The van der Waals surface area contributed by atoms with E-state index in [0.717, 1.165) is 0 Å². The van der Waals surface area contributed by atoms with E-state index < -0.39 is 5.97 Å². The molecule has 0 aliphatic carbocycles. The Morgan fingerprint density at radius 2 is 1.82 bits per heavy atom. The number of benzene rings is 1. The number of hydrogen-bond donors (Lipinski definition) is 1. The molecule has 0 bridgehead atoms. The lowest BCUT2D eigenvalue weighted by Crippen LogP contribution is -2.26. The molecule has 94 valence electrons. The van der Waals surface area contributed by atoms with Gasteiger partial charge in [0, 0.05) is 18.1 Å². The van der Waals surface area contributed by atoms with Gasteiger partial charge in [0.15, 0.2) is 0 Å². The molecule has 0 radical (unpaired) electrons. The summed E-state index contributed by atoms with van der Waals surface area (Å²) in [5.41, 5.74) is 0.626. The third-order valence-electron chi connectivity index (χ3n) is 2.28. The van der Waals surface area contributed by atoms with E-state index in [9.17, 15) is 4.79 Å². The van der Waals surface area contributed by atoms with Gasteiger partial charge < -0.3 is 10.0 Å². The van der Waals surface area contributed by atoms with Crippen molar-refractivity contribution < 1.29 is 9.90 Å². The molecule has 0 saturated heterocycles. The summed E-state index contributed by atoms with van der Waals surface area (Å²) >= 11 is 17.9. The van der Waals surface area contributed by atoms with Gasteiger partial charge in [-0.1, -0.05) is 34.8 Å². The summed E-state index contributed by atoms with van der Waals surface area (Å²) in [4.78, 5) is 12.4. The van der Waals surface area contributed by atoms with Gasteiger partial charge in [0.25, 0.3) is 0 Å². The lowest BCUT2D eigenvalue weighted by molar-refractivity contribution is -0.136. The smallest absolute Gasteiger partial charge is 0.305 e. The van der Waals surface area contributed by atoms with Crippen molar-refractivity contribution in [2.24, 2.45) is 0 Å². The molecular weight excluding hydrogens is 284 g/mol. The summed E-state index contributed by atoms with van der Waals surface area (Å²) in [5.74, 6) is -0.857. The van der Waals surface area contributed by atoms with E-state index in [-0.39, 0.29) is 6.42 Å². The third kappa shape index (κ3) is 3.95. The van der Waals surface area contributed by atoms with Crippen LogP contribution in [0.2, 0.25) is 15.1 Å². The summed E-state index contributed by atoms with van der Waals surface area (Å²) in [6.45, 7) is 2.88. The van der Waals surface area contributed by atoms with E-state index in [1.165, 1.54) is 0 Å². The second-order valence-corrected chi connectivity index (χ2v) is 4.69. The van der Waals surface area contributed by atoms with Crippen molar-refractivity contribution in [3.05, 3.63) is 27.2 Å². The van der Waals surface area contributed by atoms with Crippen LogP contribution in [-0.4, -0.2) is 24.2 Å². The van der Waals surface area contributed by atoms with E-state index in [0.29, 0.717) is 33.8 Å². The number of aliphatic carboxylic acids is 1. The SMILES string of the molecule is CCN(CCC(=O)O)c1c(Cl)cc(Cl)cc1Cl. The standard InChI is InChI=1S/C11H12Cl3NO2/c1-2-15(4-3-10(16)17)11-8(13)5-7(12)6-9(11)14/h5-6H,2-4H2,1H3,(H,16,17). The molecule has 0 atom stereocenters. The molecule has 6 heteroatoms. The van der Waals surface area contributed by atoms with Crippen molar-refractivity contribution in [1.29, 1.82) is 0 Å². The summed E-state index contributed by atoms with van der Waals surface area (Å²) in [6.07, 6.45) is 0.0309. The van der Waals surface area contributed by atoms with Crippen LogP contribution >= 0.6 is 34.8 Å². The number of halogens is 3. The van der Waals surface area contributed by atoms with Crippen molar-refractivity contribution >= 4 is 46.5 Å². The topological polar surface area (TPSA) is 40.5 Å². The number of carboxylic acid groups (broad SMARTS) is 1. The molecule has 1 aromatic carbocycles. The first-order chi connectivity index (χ1) is 7.95. The first-order valence-electron chi connectivity index (χ1n) is 5.07. The van der Waals surface area contributed by atoms with Crippen molar-refractivity contribution in [1.82, 2.24) is 0 Å². The zero-order valence-electron chi connectivity index (χ0n) is 9.21. The van der Waals surface area contributed by atoms with Gasteiger partial charge in [-0.15, -0.1) is 0 Å². The molecule has 0 saturated carbocycles. The van der Waals surface area contributed by atoms with E-state index in [4.69, 9.17) is 39.9 Å². The average Bonchev–Trinajstić information content (AvgIpc) is 2.21. The van der Waals surface area contributed by atoms with E-state index in [1.807, 2.05) is 11.8 Å². The van der Waals surface area contributed by atoms with Crippen LogP contribution in [0, 0.1) is 0 Å². The maximum absolute atomic E-state index is 10.6. The Hall–Kier alpha value is -0.640. The lowest BCUT2D eigenvalue weighted by atomic mass is 10.2. The second kappa shape index (κ2) is 6.34. The van der Waals surface area contributed by atoms with Crippen molar-refractivity contribution in [3.63, 3.8) is 0 Å². The second-order valence-electron chi connectivity index (χ2n) is 3.44. The summed E-state index contributed by atoms with van der Waals surface area (Å²) in [5, 5.41) is 9.98. The predicted molar refractivity (Wildman–Crippen MR) is 71.6 cm³/mol. The van der Waals surface area contributed by atoms with Gasteiger partial charge in [0.1, 0.15) is 0 Å². The zero-order chi connectivity index (χ0) is 13.0. The molecule has 0 heterocycles. The molecule has 0 aromatic heterocycles. The average molecular weight is 297 g/mol. The number of nitrogens with zero attached hydrogens (tertiary/aromatic N) is 1. The highest BCUT2D eigenvalue weighted by Gasteiger charge is 2.15. The molecule has 0 aliphatic heterocycles. The highest BCUT2D eigenvalue weighted by molar-refractivity contribution is 6.41. The Labute approximate surface area is 115 Å². The third-order valence-corrected chi connectivity index (χ3v) is 3.07. The van der Waals surface area contributed by atoms with Crippen LogP contribution in [0.25, 0.3) is 0 Å². The largest absolute Gasteiger partial charge is 0.481 e. The maximum atomic E-state index is 10.6. The van der Waals surface area contributed by atoms with Crippen molar-refractivity contribution in [2.75, 3.05) is 18.0 Å². The van der Waals surface area contributed by atoms with E-state index >= 15 is 0 Å². The van der Waals surface area contributed by atoms with Crippen LogP contribution in [-0.2, 0) is 4.79 Å². The molecule has 0 unspecified atom stereocenters. The van der Waals surface area contributed by atoms with E-state index in [1.54, 1.807) is 12.1 Å². The fourth-order valence-electron chi connectivity index (χ4n) is 1.50. The van der Waals surface area contributed by atoms with Gasteiger partial charge >= 0.3 is 5.97 Å². The van der Waals surface area contributed by atoms with Crippen LogP contribution in [0.1, 0.15) is 13.3 Å². The fraction of sp³-hybridized carbons (Fsp3) is 0.364. The quantitative estimate of drug-likeness (QED) is 0.894. The summed E-state index contributed by atoms with van der Waals surface area (Å²) in [7, 11) is 0. The minimum Gasteiger partial charge on any atom is -0.481 e. The van der Waals surface area contributed by atoms with Crippen LogP contribution in [0.4, 0.5) is 5.69 Å². The maximum Gasteiger partial charge on any atom is 0.305 e. The molecule has 0 amide bonds. The predicted octanol–water partition coefficient (Wildman–Crippen LogP) is 3.95. The van der Waals surface area contributed by atoms with Gasteiger partial charge in [0.2, 0.25) is 0 Å². The first kappa shape index (κ1) is 14.4. The normalized spacial score (nSPS) is 10.4. The Morgan fingerprint density at radius 1 is 1.29 bits per heavy atom. The minimum absolute atomic E-state index is 0.0309. The van der Waals surface area contributed by atoms with Crippen LogP contribution in [0.5, 0.6) is 0 Å². The van der Waals surface area contributed by atoms with Crippen molar-refractivity contribution in [2.45, 2.75) is 13.3 Å². The van der Waals surface area contributed by atoms with Crippen molar-refractivity contribution in [3.8, 4) is 0 Å². The molecule has 1 aromatic rings. The highest BCUT2D eigenvalue weighted by Crippen LogP contribution is 2.36. The molecule has 0 spiro atoms. The van der Waals surface area contributed by atoms with Gasteiger partial charge in [-0.3, -0.25) is 4.79 Å². The van der Waals surface area contributed by atoms with Crippen LogP contribution in [0.15, 0.2) is 12.1 Å². The van der Waals surface area contributed by atoms with Gasteiger partial charge in [0.05, 0.1) is 22.2 Å². The Balaban J connectivity index is 2.99. The van der Waals surface area contributed by atoms with E-state index in [2.05, 4.69) is 0 Å². The summed E-state index contributed by atoms with van der Waals surface area (Å²) < 4.78 is 0. The number of anilines is 1. The molecule has 0 aliphatic rings. The van der Waals surface area contributed by atoms with Gasteiger partial charge in [-0.25, -0.2) is 0 Å². The lowest BCUT2D eigenvalue weighted by Gasteiger charge is -2.24. The fourth-order valence-corrected chi connectivity index (χ4v) is 2.55. The molecule has 17 heavy (non-hydrogen) atoms. The molecular formula is C11H12Cl3NO2. The zero-order valence-corrected chi connectivity index (χ0v) is 11.5. The Kier molecular flexibility index (Phi) is 5.37. The number of rotatable bonds is 5. The number of hydrogen-bond acceptors (Lipinski definition) is 2. The van der Waals surface area contributed by atoms with Crippen LogP contribution in [0.3, 0.4) is 0 Å². The first-order valence-corrected chi connectivity index (χ1v) is 6.20. The Morgan fingerprint density at radius 3 is 2.24 bits per heavy atom. The molecule has 1 N–H and O–H groups in total. The van der Waals surface area contributed by atoms with Gasteiger partial charge in [-0.05, 0) is 19.1 Å². The summed E-state index contributed by atoms with van der Waals surface area (Å²) in [6, 6.07) is 3.18. The Bertz CT molecular complexity index is 400. The minimum atomic E-state index is -0.857. The number of carboxylic acids is 1. The monoisotopic (exact) mass is 295 g/mol. The van der Waals surface area contributed by atoms with Crippen LogP contribution < -0.4 is 4.90 Å². The number of carbonyl (C=O) groups is 1. The molecule has 3 nitrogen and oxygen atoms in total. The highest BCUT2D eigenvalue weighted by atomic mass is 35.5. The van der Waals surface area contributed by atoms with Gasteiger partial charge in [-0.2, -0.15) is 0 Å².